The van der Waals surface area contributed by atoms with Crippen LogP contribution in [0.3, 0.4) is 0 Å². The summed E-state index contributed by atoms with van der Waals surface area (Å²) in [5.74, 6) is 0.971. The molecule has 0 fully saturated rings. The quantitative estimate of drug-likeness (QED) is 0.680. The summed E-state index contributed by atoms with van der Waals surface area (Å²) in [5.41, 5.74) is 3.78. The number of carbonyl (C=O) groups excluding carboxylic acids is 1. The summed E-state index contributed by atoms with van der Waals surface area (Å²) < 4.78 is 1.88. The predicted molar refractivity (Wildman–Crippen MR) is 85.8 cm³/mol. The van der Waals surface area contributed by atoms with Crippen molar-refractivity contribution in [3.63, 3.8) is 0 Å². The Morgan fingerprint density at radius 3 is 2.43 bits per heavy atom. The molecule has 1 atom stereocenters. The zero-order valence-electron chi connectivity index (χ0n) is 12.9. The Hall–Kier alpha value is -2.46. The highest BCUT2D eigenvalue weighted by molar-refractivity contribution is 6.21. The van der Waals surface area contributed by atoms with Crippen LogP contribution in [0.2, 0.25) is 0 Å². The van der Waals surface area contributed by atoms with Crippen LogP contribution in [0.5, 0.6) is 0 Å². The predicted octanol–water partition coefficient (Wildman–Crippen LogP) is -0.00800. The summed E-state index contributed by atoms with van der Waals surface area (Å²) in [6, 6.07) is 17.7. The van der Waals surface area contributed by atoms with E-state index in [0.29, 0.717) is 0 Å². The van der Waals surface area contributed by atoms with Crippen LogP contribution in [0.1, 0.15) is 28.8 Å². The first-order valence-electron chi connectivity index (χ1n) is 7.32. The molecule has 2 aromatic carbocycles. The van der Waals surface area contributed by atoms with Crippen LogP contribution in [0, 0.1) is 0 Å². The minimum Gasteiger partial charge on any atom is -1.00 e. The normalized spacial score (nSPS) is 19.0. The lowest BCUT2D eigenvalue weighted by molar-refractivity contribution is -0.447. The molecule has 1 amide bonds. The first kappa shape index (κ1) is 15.4. The fourth-order valence-corrected chi connectivity index (χ4v) is 3.26. The Kier molecular flexibility index (Phi) is 3.78. The second-order valence-corrected chi connectivity index (χ2v) is 5.63. The topological polar surface area (TPSA) is 35.7 Å². The van der Waals surface area contributed by atoms with Crippen molar-refractivity contribution in [2.45, 2.75) is 12.8 Å². The van der Waals surface area contributed by atoms with E-state index < -0.39 is 0 Å². The number of benzene rings is 2. The van der Waals surface area contributed by atoms with Crippen molar-refractivity contribution in [2.75, 3.05) is 7.05 Å². The number of likely N-dealkylation sites (N-methyl/N-ethyl adjacent to an activating group) is 1. The highest BCUT2D eigenvalue weighted by Crippen LogP contribution is 2.35. The molecule has 2 aliphatic heterocycles. The van der Waals surface area contributed by atoms with Gasteiger partial charge in [0, 0.05) is 0 Å². The minimum atomic E-state index is 0. The van der Waals surface area contributed by atoms with Crippen molar-refractivity contribution in [2.24, 2.45) is 5.10 Å². The number of amidine groups is 1. The van der Waals surface area contributed by atoms with Gasteiger partial charge in [-0.25, -0.2) is 4.79 Å². The van der Waals surface area contributed by atoms with Gasteiger partial charge in [-0.15, -0.1) is 4.68 Å². The van der Waals surface area contributed by atoms with Crippen molar-refractivity contribution >= 4 is 23.1 Å². The zero-order chi connectivity index (χ0) is 15.3. The van der Waals surface area contributed by atoms with Crippen molar-refractivity contribution < 1.29 is 21.9 Å². The maximum Gasteiger partial charge on any atom is 0.341 e. The molecule has 1 unspecified atom stereocenters. The van der Waals surface area contributed by atoms with Crippen LogP contribution in [0.4, 0.5) is 5.69 Å². The van der Waals surface area contributed by atoms with Gasteiger partial charge in [0.15, 0.2) is 5.69 Å². The summed E-state index contributed by atoms with van der Waals surface area (Å²) in [5, 5.41) is 4.71. The van der Waals surface area contributed by atoms with Gasteiger partial charge in [0.2, 0.25) is 0 Å². The van der Waals surface area contributed by atoms with Crippen LogP contribution in [0.15, 0.2) is 59.7 Å². The number of rotatable bonds is 1. The molecule has 0 bridgehead atoms. The van der Waals surface area contributed by atoms with Crippen molar-refractivity contribution in [1.82, 2.24) is 4.90 Å². The number of amides is 1. The third kappa shape index (κ3) is 2.18. The first-order valence-corrected chi connectivity index (χ1v) is 7.32. The fourth-order valence-electron chi connectivity index (χ4n) is 3.26. The van der Waals surface area contributed by atoms with Crippen LogP contribution < -0.4 is 12.4 Å². The SMILES string of the molecule is CC1=N[N+](c2ccccc2)=C2C1c1ccccc1C(=O)N2C.[Cl-]. The molecule has 4 nitrogen and oxygen atoms in total. The summed E-state index contributed by atoms with van der Waals surface area (Å²) in [6.45, 7) is 2.02. The van der Waals surface area contributed by atoms with E-state index in [2.05, 4.69) is 0 Å². The number of para-hydroxylation sites is 1. The molecule has 116 valence electrons. The molecule has 0 N–H and O–H groups in total. The third-order valence-corrected chi connectivity index (χ3v) is 4.30. The van der Waals surface area contributed by atoms with E-state index in [0.717, 1.165) is 28.4 Å². The van der Waals surface area contributed by atoms with Crippen LogP contribution >= 0.6 is 0 Å². The van der Waals surface area contributed by atoms with Gasteiger partial charge < -0.3 is 12.4 Å². The molecule has 4 rings (SSSR count). The average molecular weight is 326 g/mol. The van der Waals surface area contributed by atoms with Gasteiger partial charge in [-0.1, -0.05) is 41.5 Å². The number of nitrogens with zero attached hydrogens (tertiary/aromatic N) is 3. The van der Waals surface area contributed by atoms with Crippen molar-refractivity contribution in [1.29, 1.82) is 0 Å². The molecule has 23 heavy (non-hydrogen) atoms. The molecule has 0 radical (unpaired) electrons. The van der Waals surface area contributed by atoms with Gasteiger partial charge in [-0.3, -0.25) is 0 Å². The molecular weight excluding hydrogens is 310 g/mol. The van der Waals surface area contributed by atoms with E-state index in [1.807, 2.05) is 73.3 Å². The maximum atomic E-state index is 12.7. The van der Waals surface area contributed by atoms with E-state index in [1.165, 1.54) is 0 Å². The number of hydrogen-bond donors (Lipinski definition) is 0. The fraction of sp³-hybridized carbons (Fsp3) is 0.167. The summed E-state index contributed by atoms with van der Waals surface area (Å²) in [7, 11) is 1.82. The number of carbonyl (C=O) groups is 1. The maximum absolute atomic E-state index is 12.7. The zero-order valence-corrected chi connectivity index (χ0v) is 13.7. The molecule has 0 aromatic heterocycles. The highest BCUT2D eigenvalue weighted by Gasteiger charge is 2.47. The average Bonchev–Trinajstić information content (AvgIpc) is 2.91. The number of halogens is 1. The first-order chi connectivity index (χ1) is 10.7. The molecular formula is C18H16ClN3O. The molecule has 2 aromatic rings. The standard InChI is InChI=1S/C18H16N3O.ClH/c1-12-16-14-10-6-7-11-15(14)18(22)20(2)17(16)21(19-12)13-8-4-3-5-9-13;/h3-11,16H,1-2H3;1H/q+1;/p-1. The Morgan fingerprint density at radius 1 is 1.04 bits per heavy atom. The van der Waals surface area contributed by atoms with E-state index in [1.54, 1.807) is 4.90 Å². The lowest BCUT2D eigenvalue weighted by atomic mass is 9.86. The number of fused-ring (bicyclic) bond motifs is 3. The van der Waals surface area contributed by atoms with Gasteiger partial charge in [0.05, 0.1) is 18.3 Å². The highest BCUT2D eigenvalue weighted by atomic mass is 35.5. The largest absolute Gasteiger partial charge is 1.00 e. The van der Waals surface area contributed by atoms with Crippen molar-refractivity contribution in [3.05, 3.63) is 65.7 Å². The molecule has 0 saturated heterocycles. The van der Waals surface area contributed by atoms with E-state index >= 15 is 0 Å². The molecule has 5 heteroatoms. The molecule has 0 spiro atoms. The lowest BCUT2D eigenvalue weighted by Gasteiger charge is -2.24. The number of hydrogen-bond acceptors (Lipinski definition) is 2. The summed E-state index contributed by atoms with van der Waals surface area (Å²) >= 11 is 0. The van der Waals surface area contributed by atoms with E-state index in [-0.39, 0.29) is 24.2 Å². The second kappa shape index (κ2) is 5.63. The monoisotopic (exact) mass is 325 g/mol. The van der Waals surface area contributed by atoms with Gasteiger partial charge in [0.25, 0.3) is 5.84 Å². The Morgan fingerprint density at radius 2 is 1.70 bits per heavy atom. The molecule has 0 aliphatic carbocycles. The van der Waals surface area contributed by atoms with Crippen LogP contribution in [-0.2, 0) is 0 Å². The molecule has 2 aliphatic rings. The van der Waals surface area contributed by atoms with Crippen LogP contribution in [-0.4, -0.2) is 34.1 Å². The van der Waals surface area contributed by atoms with Gasteiger partial charge >= 0.3 is 5.91 Å². The smallest absolute Gasteiger partial charge is 0.341 e. The second-order valence-electron chi connectivity index (χ2n) is 5.63. The summed E-state index contributed by atoms with van der Waals surface area (Å²) in [6.07, 6.45) is 0. The number of hydrazone groups is 1. The van der Waals surface area contributed by atoms with Crippen molar-refractivity contribution in [3.8, 4) is 0 Å². The third-order valence-electron chi connectivity index (χ3n) is 4.30. The van der Waals surface area contributed by atoms with E-state index in [9.17, 15) is 4.79 Å². The Labute approximate surface area is 141 Å². The minimum absolute atomic E-state index is 0. The molecule has 0 saturated carbocycles. The Bertz CT molecular complexity index is 842. The van der Waals surface area contributed by atoms with Gasteiger partial charge in [-0.05, 0) is 30.7 Å². The lowest BCUT2D eigenvalue weighted by Crippen LogP contribution is -3.00. The summed E-state index contributed by atoms with van der Waals surface area (Å²) in [4.78, 5) is 14.4. The van der Waals surface area contributed by atoms with Gasteiger partial charge in [0.1, 0.15) is 5.92 Å². The van der Waals surface area contributed by atoms with E-state index in [4.69, 9.17) is 5.10 Å². The Balaban J connectivity index is 0.00000156. The molecule has 2 heterocycles. The van der Waals surface area contributed by atoms with Crippen LogP contribution in [0.25, 0.3) is 0 Å². The van der Waals surface area contributed by atoms with Gasteiger partial charge in [-0.2, -0.15) is 4.90 Å².